The van der Waals surface area contributed by atoms with Crippen LogP contribution in [-0.2, 0) is 9.53 Å². The second-order valence-electron chi connectivity index (χ2n) is 12.0. The number of alkyl halides is 2. The molecule has 1 fully saturated rings. The van der Waals surface area contributed by atoms with Crippen molar-refractivity contribution in [2.24, 2.45) is 11.8 Å². The van der Waals surface area contributed by atoms with Crippen molar-refractivity contribution in [3.63, 3.8) is 0 Å². The van der Waals surface area contributed by atoms with E-state index in [-0.39, 0.29) is 12.3 Å². The molecule has 1 amide bonds. The number of fused-ring (bicyclic) bond motifs is 1. The highest BCUT2D eigenvalue weighted by atomic mass is 19.3. The van der Waals surface area contributed by atoms with E-state index in [4.69, 9.17) is 4.74 Å². The number of halogens is 2. The van der Waals surface area contributed by atoms with E-state index < -0.39 is 17.8 Å². The highest BCUT2D eigenvalue weighted by molar-refractivity contribution is 5.94. The topological polar surface area (TPSA) is 70.1 Å². The van der Waals surface area contributed by atoms with Crippen LogP contribution in [-0.4, -0.2) is 58.4 Å². The van der Waals surface area contributed by atoms with Crippen LogP contribution >= 0.6 is 0 Å². The Kier molecular flexibility index (Phi) is 9.04. The van der Waals surface area contributed by atoms with Gasteiger partial charge >= 0.3 is 5.97 Å². The maximum Gasteiger partial charge on any atom is 0.335 e. The van der Waals surface area contributed by atoms with Gasteiger partial charge in [-0.1, -0.05) is 30.9 Å². The molecule has 0 aromatic heterocycles. The molecule has 2 atom stereocenters. The van der Waals surface area contributed by atoms with Crippen molar-refractivity contribution in [3.8, 4) is 0 Å². The number of carboxylic acid groups (broad SMARTS) is 1. The zero-order valence-corrected chi connectivity index (χ0v) is 24.9. The number of hydrogen-bond acceptors (Lipinski definition) is 4. The van der Waals surface area contributed by atoms with E-state index in [0.29, 0.717) is 61.0 Å². The highest BCUT2D eigenvalue weighted by Crippen LogP contribution is 2.34. The number of hydrogen-bond donors (Lipinski definition) is 1. The monoisotopic (exact) mass is 590 g/mol. The third-order valence-corrected chi connectivity index (χ3v) is 9.16. The molecule has 228 valence electrons. The van der Waals surface area contributed by atoms with Gasteiger partial charge in [0.15, 0.2) is 0 Å². The van der Waals surface area contributed by atoms with E-state index in [1.54, 1.807) is 18.2 Å². The van der Waals surface area contributed by atoms with Gasteiger partial charge in [-0.25, -0.2) is 13.6 Å². The third-order valence-electron chi connectivity index (χ3n) is 9.16. The standard InChI is InChI=1S/C35H40F2N2O4/c1-4-35(36,37)28-10-14-30(15-11-28)43-29-12-7-27(8-13-29)33(40)38-19-17-25(18-20-38)21-39-22-32-24(3)31(34(41)42)16-9-26(32)6-5-23(39)2/h4,6-7,9-10,12,14-16,22-23,25,28H,1,5,8,11,13,17-21H2,2-3H3,(H,41,42). The first kappa shape index (κ1) is 30.5. The molecule has 2 aliphatic heterocycles. The molecule has 0 spiro atoms. The number of benzene rings is 1. The number of allylic oxidation sites excluding steroid dienone is 7. The molecule has 6 nitrogen and oxygen atoms in total. The van der Waals surface area contributed by atoms with Gasteiger partial charge < -0.3 is 19.6 Å². The SMILES string of the molecule is C=CC(F)(F)C1C=CC(OC2=CC=C(C(=O)N3CCC(CN4C=c5c(C)c(C(=O)O)ccc5=CCC4C)CC3)CC2)=CC1. The van der Waals surface area contributed by atoms with E-state index in [2.05, 4.69) is 30.7 Å². The van der Waals surface area contributed by atoms with Crippen LogP contribution in [0, 0.1) is 18.8 Å². The number of piperidine rings is 1. The summed E-state index contributed by atoms with van der Waals surface area (Å²) in [6, 6.07) is 3.89. The average molecular weight is 591 g/mol. The molecule has 0 saturated carbocycles. The Morgan fingerprint density at radius 1 is 1.14 bits per heavy atom. The van der Waals surface area contributed by atoms with Gasteiger partial charge in [-0.15, -0.1) is 0 Å². The van der Waals surface area contributed by atoms with Crippen LogP contribution in [0.4, 0.5) is 8.78 Å². The lowest BCUT2D eigenvalue weighted by molar-refractivity contribution is -0.128. The molecule has 2 heterocycles. The molecule has 5 rings (SSSR count). The van der Waals surface area contributed by atoms with Gasteiger partial charge in [0.1, 0.15) is 11.5 Å². The molecule has 1 aromatic carbocycles. The molecule has 8 heteroatoms. The lowest BCUT2D eigenvalue weighted by Gasteiger charge is -2.37. The van der Waals surface area contributed by atoms with E-state index in [0.717, 1.165) is 47.4 Å². The summed E-state index contributed by atoms with van der Waals surface area (Å²) >= 11 is 0. The maximum absolute atomic E-state index is 13.8. The van der Waals surface area contributed by atoms with E-state index in [1.165, 1.54) is 6.08 Å². The van der Waals surface area contributed by atoms with Gasteiger partial charge in [-0.2, -0.15) is 0 Å². The lowest BCUT2D eigenvalue weighted by atomic mass is 9.93. The molecule has 0 radical (unpaired) electrons. The molecule has 2 aliphatic carbocycles. The summed E-state index contributed by atoms with van der Waals surface area (Å²) in [6.45, 7) is 9.58. The number of likely N-dealkylation sites (tertiary alicyclic amines) is 1. The number of rotatable bonds is 8. The zero-order chi connectivity index (χ0) is 30.7. The normalized spacial score (nSPS) is 22.7. The fraction of sp³-hybridized carbons (Fsp3) is 0.429. The van der Waals surface area contributed by atoms with Gasteiger partial charge in [-0.3, -0.25) is 4.79 Å². The van der Waals surface area contributed by atoms with Crippen molar-refractivity contribution in [2.75, 3.05) is 19.6 Å². The van der Waals surface area contributed by atoms with Crippen LogP contribution in [0.1, 0.15) is 61.4 Å². The summed E-state index contributed by atoms with van der Waals surface area (Å²) < 4.78 is 33.6. The largest absolute Gasteiger partial charge is 0.478 e. The zero-order valence-electron chi connectivity index (χ0n) is 24.9. The minimum Gasteiger partial charge on any atom is -0.478 e. The molecule has 4 aliphatic rings. The van der Waals surface area contributed by atoms with Crippen molar-refractivity contribution >= 4 is 24.2 Å². The summed E-state index contributed by atoms with van der Waals surface area (Å²) in [5.41, 5.74) is 1.89. The molecule has 2 unspecified atom stereocenters. The number of carbonyl (C=O) groups is 2. The summed E-state index contributed by atoms with van der Waals surface area (Å²) in [4.78, 5) is 29.3. The quantitative estimate of drug-likeness (QED) is 0.408. The molecule has 43 heavy (non-hydrogen) atoms. The first-order valence-corrected chi connectivity index (χ1v) is 15.1. The Morgan fingerprint density at radius 3 is 2.53 bits per heavy atom. The molecular formula is C35H40F2N2O4. The van der Waals surface area contributed by atoms with Crippen molar-refractivity contribution in [1.82, 2.24) is 9.80 Å². The number of amides is 1. The van der Waals surface area contributed by atoms with Crippen LogP contribution in [0.5, 0.6) is 0 Å². The second-order valence-corrected chi connectivity index (χ2v) is 12.0. The average Bonchev–Trinajstić information content (AvgIpc) is 3.16. The van der Waals surface area contributed by atoms with Crippen LogP contribution < -0.4 is 10.4 Å². The number of nitrogens with zero attached hydrogens (tertiary/aromatic N) is 2. The number of ether oxygens (including phenoxy) is 1. The predicted octanol–water partition coefficient (Wildman–Crippen LogP) is 5.45. The van der Waals surface area contributed by atoms with Crippen molar-refractivity contribution < 1.29 is 28.2 Å². The van der Waals surface area contributed by atoms with Gasteiger partial charge in [-0.05, 0) is 93.0 Å². The summed E-state index contributed by atoms with van der Waals surface area (Å²) in [7, 11) is 0. The van der Waals surface area contributed by atoms with Gasteiger partial charge in [0, 0.05) is 55.0 Å². The van der Waals surface area contributed by atoms with Crippen LogP contribution in [0.3, 0.4) is 0 Å². The van der Waals surface area contributed by atoms with Gasteiger partial charge in [0.05, 0.1) is 5.56 Å². The van der Waals surface area contributed by atoms with Crippen LogP contribution in [0.15, 0.2) is 72.3 Å². The smallest absolute Gasteiger partial charge is 0.335 e. The Bertz CT molecular complexity index is 1530. The lowest BCUT2D eigenvalue weighted by Crippen LogP contribution is -2.43. The summed E-state index contributed by atoms with van der Waals surface area (Å²) in [6.07, 6.45) is 17.4. The Morgan fingerprint density at radius 2 is 1.91 bits per heavy atom. The van der Waals surface area contributed by atoms with Crippen molar-refractivity contribution in [3.05, 3.63) is 93.8 Å². The minimum atomic E-state index is -2.95. The predicted molar refractivity (Wildman–Crippen MR) is 163 cm³/mol. The molecular weight excluding hydrogens is 550 g/mol. The fourth-order valence-electron chi connectivity index (χ4n) is 6.25. The van der Waals surface area contributed by atoms with E-state index >= 15 is 0 Å². The van der Waals surface area contributed by atoms with Gasteiger partial charge in [0.25, 0.3) is 5.92 Å². The van der Waals surface area contributed by atoms with Crippen molar-refractivity contribution in [1.29, 1.82) is 0 Å². The summed E-state index contributed by atoms with van der Waals surface area (Å²) in [5.74, 6) is -3.01. The highest BCUT2D eigenvalue weighted by Gasteiger charge is 2.35. The first-order chi connectivity index (χ1) is 20.6. The number of carbonyl (C=O) groups excluding carboxylic acids is 1. The second kappa shape index (κ2) is 12.7. The van der Waals surface area contributed by atoms with Crippen LogP contribution in [0.25, 0.3) is 12.3 Å². The van der Waals surface area contributed by atoms with E-state index in [9.17, 15) is 23.5 Å². The number of carboxylic acids is 1. The molecule has 1 saturated heterocycles. The third kappa shape index (κ3) is 6.84. The van der Waals surface area contributed by atoms with Crippen LogP contribution in [0.2, 0.25) is 0 Å². The minimum absolute atomic E-state index is 0.0649. The van der Waals surface area contributed by atoms with E-state index in [1.807, 2.05) is 30.0 Å². The number of aromatic carboxylic acids is 1. The Hall–Kier alpha value is -3.94. The maximum atomic E-state index is 13.8. The fourth-order valence-corrected chi connectivity index (χ4v) is 6.25. The first-order valence-electron chi connectivity index (χ1n) is 15.1. The molecule has 0 bridgehead atoms. The molecule has 1 aromatic rings. The van der Waals surface area contributed by atoms with Gasteiger partial charge in [0.2, 0.25) is 5.91 Å². The summed E-state index contributed by atoms with van der Waals surface area (Å²) in [5, 5.41) is 11.6. The Labute approximate surface area is 251 Å². The Balaban J connectivity index is 1.15. The van der Waals surface area contributed by atoms with Crippen molar-refractivity contribution in [2.45, 2.75) is 64.3 Å². The molecule has 1 N–H and O–H groups in total.